The number of carbonyl (C=O) groups excluding carboxylic acids is 1. The zero-order valence-corrected chi connectivity index (χ0v) is 16.2. The van der Waals surface area contributed by atoms with Crippen LogP contribution in [-0.2, 0) is 16.0 Å². The molecule has 5 nitrogen and oxygen atoms in total. The Bertz CT molecular complexity index is 759. The second-order valence-electron chi connectivity index (χ2n) is 6.80. The minimum atomic E-state index is -0.109. The van der Waals surface area contributed by atoms with Gasteiger partial charge in [-0.2, -0.15) is 0 Å². The Hall–Kier alpha value is -2.53. The van der Waals surface area contributed by atoms with Crippen molar-refractivity contribution in [2.75, 3.05) is 27.4 Å². The maximum atomic E-state index is 12.9. The molecule has 0 radical (unpaired) electrons. The molecule has 0 aromatic heterocycles. The van der Waals surface area contributed by atoms with Crippen molar-refractivity contribution < 1.29 is 19.0 Å². The van der Waals surface area contributed by atoms with Crippen LogP contribution in [0.5, 0.6) is 11.5 Å². The first-order valence-corrected chi connectivity index (χ1v) is 9.29. The zero-order valence-electron chi connectivity index (χ0n) is 16.2. The van der Waals surface area contributed by atoms with Crippen molar-refractivity contribution in [1.29, 1.82) is 0 Å². The number of amides is 1. The molecule has 0 bridgehead atoms. The predicted octanol–water partition coefficient (Wildman–Crippen LogP) is 3.63. The highest BCUT2D eigenvalue weighted by atomic mass is 16.5. The lowest BCUT2D eigenvalue weighted by atomic mass is 10.0. The van der Waals surface area contributed by atoms with Gasteiger partial charge in [-0.1, -0.05) is 30.3 Å². The van der Waals surface area contributed by atoms with Crippen LogP contribution in [0.25, 0.3) is 0 Å². The van der Waals surface area contributed by atoms with Crippen molar-refractivity contribution in [2.24, 2.45) is 0 Å². The molecule has 2 unspecified atom stereocenters. The van der Waals surface area contributed by atoms with Gasteiger partial charge in [0.25, 0.3) is 0 Å². The highest BCUT2D eigenvalue weighted by molar-refractivity contribution is 5.77. The lowest BCUT2D eigenvalue weighted by molar-refractivity contribution is -0.144. The van der Waals surface area contributed by atoms with Crippen LogP contribution in [0, 0.1) is 0 Å². The van der Waals surface area contributed by atoms with Crippen LogP contribution < -0.4 is 9.47 Å². The van der Waals surface area contributed by atoms with Crippen LogP contribution in [0.15, 0.2) is 48.5 Å². The third kappa shape index (κ3) is 4.61. The minimum absolute atomic E-state index is 0.0738. The van der Waals surface area contributed by atoms with E-state index in [2.05, 4.69) is 0 Å². The number of para-hydroxylation sites is 1. The first-order valence-electron chi connectivity index (χ1n) is 9.29. The molecule has 3 rings (SSSR count). The average molecular weight is 369 g/mol. The Morgan fingerprint density at radius 2 is 1.85 bits per heavy atom. The van der Waals surface area contributed by atoms with Crippen molar-refractivity contribution in [3.8, 4) is 11.5 Å². The van der Waals surface area contributed by atoms with Crippen molar-refractivity contribution in [3.05, 3.63) is 59.7 Å². The third-order valence-electron chi connectivity index (χ3n) is 5.04. The fraction of sp³-hybridized carbons (Fsp3) is 0.409. The highest BCUT2D eigenvalue weighted by Gasteiger charge is 2.30. The number of nitrogens with zero attached hydrogens (tertiary/aromatic N) is 1. The zero-order chi connectivity index (χ0) is 19.2. The summed E-state index contributed by atoms with van der Waals surface area (Å²) in [6.07, 6.45) is 1.02. The van der Waals surface area contributed by atoms with Gasteiger partial charge in [0.15, 0.2) is 0 Å². The number of methoxy groups -OCH3 is 2. The van der Waals surface area contributed by atoms with Crippen LogP contribution in [0.4, 0.5) is 0 Å². The molecule has 0 N–H and O–H groups in total. The van der Waals surface area contributed by atoms with Crippen LogP contribution in [0.2, 0.25) is 0 Å². The highest BCUT2D eigenvalue weighted by Crippen LogP contribution is 2.27. The van der Waals surface area contributed by atoms with Gasteiger partial charge in [0.05, 0.1) is 33.4 Å². The lowest BCUT2D eigenvalue weighted by Crippen LogP contribution is -2.48. The Kier molecular flexibility index (Phi) is 6.35. The molecule has 2 aromatic rings. The van der Waals surface area contributed by atoms with Crippen molar-refractivity contribution >= 4 is 5.91 Å². The summed E-state index contributed by atoms with van der Waals surface area (Å²) in [5.41, 5.74) is 2.12. The summed E-state index contributed by atoms with van der Waals surface area (Å²) in [5, 5.41) is 0. The first kappa shape index (κ1) is 19.2. The molecule has 1 heterocycles. The molecule has 1 aliphatic rings. The molecule has 0 spiro atoms. The van der Waals surface area contributed by atoms with Gasteiger partial charge in [-0.15, -0.1) is 0 Å². The van der Waals surface area contributed by atoms with E-state index >= 15 is 0 Å². The van der Waals surface area contributed by atoms with E-state index in [9.17, 15) is 4.79 Å². The SMILES string of the molecule is COc1ccc(C2CN(C(=O)CCc3ccccc3OC)C(C)CO2)cc1. The minimum Gasteiger partial charge on any atom is -0.497 e. The molecule has 0 aliphatic carbocycles. The molecular formula is C22H27NO4. The van der Waals surface area contributed by atoms with Crippen molar-refractivity contribution in [1.82, 2.24) is 4.90 Å². The smallest absolute Gasteiger partial charge is 0.223 e. The molecule has 27 heavy (non-hydrogen) atoms. The van der Waals surface area contributed by atoms with Gasteiger partial charge in [0.2, 0.25) is 5.91 Å². The second-order valence-corrected chi connectivity index (χ2v) is 6.80. The van der Waals surface area contributed by atoms with Gasteiger partial charge in [0, 0.05) is 6.42 Å². The van der Waals surface area contributed by atoms with E-state index in [1.165, 1.54) is 0 Å². The Morgan fingerprint density at radius 3 is 2.56 bits per heavy atom. The molecule has 2 aromatic carbocycles. The van der Waals surface area contributed by atoms with E-state index in [0.29, 0.717) is 26.0 Å². The molecule has 1 saturated heterocycles. The number of hydrogen-bond acceptors (Lipinski definition) is 4. The van der Waals surface area contributed by atoms with E-state index < -0.39 is 0 Å². The summed E-state index contributed by atoms with van der Waals surface area (Å²) < 4.78 is 16.6. The molecule has 1 fully saturated rings. The van der Waals surface area contributed by atoms with Gasteiger partial charge in [-0.25, -0.2) is 0 Å². The van der Waals surface area contributed by atoms with Gasteiger partial charge in [-0.05, 0) is 42.7 Å². The summed E-state index contributed by atoms with van der Waals surface area (Å²) in [4.78, 5) is 14.8. The van der Waals surface area contributed by atoms with Gasteiger partial charge in [-0.3, -0.25) is 4.79 Å². The van der Waals surface area contributed by atoms with Crippen LogP contribution >= 0.6 is 0 Å². The number of rotatable bonds is 6. The number of ether oxygens (including phenoxy) is 3. The summed E-state index contributed by atoms with van der Waals surface area (Å²) >= 11 is 0. The molecule has 144 valence electrons. The molecule has 1 amide bonds. The number of carbonyl (C=O) groups is 1. The van der Waals surface area contributed by atoms with Gasteiger partial charge in [0.1, 0.15) is 17.6 Å². The predicted molar refractivity (Wildman–Crippen MR) is 104 cm³/mol. The number of morpholine rings is 1. The van der Waals surface area contributed by atoms with Gasteiger partial charge < -0.3 is 19.1 Å². The van der Waals surface area contributed by atoms with E-state index in [1.807, 2.05) is 60.4 Å². The fourth-order valence-corrected chi connectivity index (χ4v) is 3.42. The van der Waals surface area contributed by atoms with Crippen molar-refractivity contribution in [3.63, 3.8) is 0 Å². The monoisotopic (exact) mass is 369 g/mol. The van der Waals surface area contributed by atoms with Crippen molar-refractivity contribution in [2.45, 2.75) is 31.9 Å². The standard InChI is InChI=1S/C22H27NO4/c1-16-15-27-21(18-8-11-19(25-2)12-9-18)14-23(16)22(24)13-10-17-6-4-5-7-20(17)26-3/h4-9,11-12,16,21H,10,13-15H2,1-3H3. The van der Waals surface area contributed by atoms with Crippen LogP contribution in [0.3, 0.4) is 0 Å². The molecule has 1 aliphatic heterocycles. The largest absolute Gasteiger partial charge is 0.497 e. The lowest BCUT2D eigenvalue weighted by Gasteiger charge is -2.38. The van der Waals surface area contributed by atoms with Crippen LogP contribution in [-0.4, -0.2) is 44.2 Å². The molecule has 0 saturated carbocycles. The van der Waals surface area contributed by atoms with E-state index in [-0.39, 0.29) is 18.1 Å². The third-order valence-corrected chi connectivity index (χ3v) is 5.04. The summed E-state index contributed by atoms with van der Waals surface area (Å²) in [7, 11) is 3.31. The first-order chi connectivity index (χ1) is 13.1. The maximum absolute atomic E-state index is 12.9. The molecular weight excluding hydrogens is 342 g/mol. The average Bonchev–Trinajstić information content (AvgIpc) is 2.72. The van der Waals surface area contributed by atoms with E-state index in [0.717, 1.165) is 22.6 Å². The number of hydrogen-bond donors (Lipinski definition) is 0. The van der Waals surface area contributed by atoms with E-state index in [4.69, 9.17) is 14.2 Å². The summed E-state index contributed by atoms with van der Waals surface area (Å²) in [6, 6.07) is 15.8. The van der Waals surface area contributed by atoms with Crippen LogP contribution in [0.1, 0.15) is 30.6 Å². The normalized spacial score (nSPS) is 19.6. The quantitative estimate of drug-likeness (QED) is 0.780. The molecule has 5 heteroatoms. The Balaban J connectivity index is 1.64. The topological polar surface area (TPSA) is 48.0 Å². The summed E-state index contributed by atoms with van der Waals surface area (Å²) in [5.74, 6) is 1.79. The molecule has 2 atom stereocenters. The maximum Gasteiger partial charge on any atom is 0.223 e. The Labute approximate surface area is 160 Å². The number of benzene rings is 2. The fourth-order valence-electron chi connectivity index (χ4n) is 3.42. The van der Waals surface area contributed by atoms with E-state index in [1.54, 1.807) is 14.2 Å². The second kappa shape index (κ2) is 8.91. The summed E-state index contributed by atoms with van der Waals surface area (Å²) in [6.45, 7) is 3.14. The Morgan fingerprint density at radius 1 is 1.11 bits per heavy atom. The van der Waals surface area contributed by atoms with Gasteiger partial charge >= 0.3 is 0 Å². The number of aryl methyl sites for hydroxylation is 1.